The smallest absolute Gasteiger partial charge is 0.130 e. The minimum absolute atomic E-state index is 0.0384. The Labute approximate surface area is 155 Å². The van der Waals surface area contributed by atoms with Gasteiger partial charge in [0.25, 0.3) is 0 Å². The molecular weight excluding hydrogens is 334 g/mol. The van der Waals surface area contributed by atoms with E-state index in [-0.39, 0.29) is 15.9 Å². The van der Waals surface area contributed by atoms with Gasteiger partial charge in [0.1, 0.15) is 17.2 Å². The summed E-state index contributed by atoms with van der Waals surface area (Å²) in [6.07, 6.45) is 5.97. The van der Waals surface area contributed by atoms with Crippen LogP contribution in [0, 0.1) is 0 Å². The first kappa shape index (κ1) is 20.1. The van der Waals surface area contributed by atoms with E-state index < -0.39 is 0 Å². The lowest BCUT2D eigenvalue weighted by Gasteiger charge is -2.31. The molecule has 0 bridgehead atoms. The lowest BCUT2D eigenvalue weighted by atomic mass is 9.80. The summed E-state index contributed by atoms with van der Waals surface area (Å²) in [6.45, 7) is 4.33. The molecule has 2 rings (SSSR count). The van der Waals surface area contributed by atoms with E-state index in [0.29, 0.717) is 0 Å². The zero-order valence-corrected chi connectivity index (χ0v) is 17.4. The van der Waals surface area contributed by atoms with Gasteiger partial charge in [-0.1, -0.05) is 13.3 Å². The molecule has 0 radical (unpaired) electrons. The maximum absolute atomic E-state index is 5.77. The van der Waals surface area contributed by atoms with Crippen LogP contribution in [0.4, 0.5) is 0 Å². The van der Waals surface area contributed by atoms with Gasteiger partial charge in [-0.2, -0.15) is 10.5 Å². The summed E-state index contributed by atoms with van der Waals surface area (Å²) < 4.78 is 17.0. The number of nitrogens with zero attached hydrogens (tertiary/aromatic N) is 1. The van der Waals surface area contributed by atoms with E-state index in [1.807, 2.05) is 12.1 Å². The molecule has 0 spiro atoms. The zero-order chi connectivity index (χ0) is 18.4. The minimum Gasteiger partial charge on any atom is -0.496 e. The Balaban J connectivity index is 2.59. The van der Waals surface area contributed by atoms with Crippen LogP contribution in [0.25, 0.3) is 0 Å². The molecular formula is C20H33NO3S. The molecule has 4 nitrogen and oxygen atoms in total. The third kappa shape index (κ3) is 4.50. The van der Waals surface area contributed by atoms with E-state index in [1.54, 1.807) is 21.3 Å². The van der Waals surface area contributed by atoms with Crippen molar-refractivity contribution in [1.29, 1.82) is 0 Å². The Morgan fingerprint density at radius 3 is 2.24 bits per heavy atom. The molecule has 1 aromatic rings. The second-order valence-electron chi connectivity index (χ2n) is 6.92. The van der Waals surface area contributed by atoms with Crippen LogP contribution in [0.2, 0.25) is 0 Å². The molecule has 1 aromatic carbocycles. The van der Waals surface area contributed by atoms with Gasteiger partial charge in [-0.15, -0.1) is 0 Å². The van der Waals surface area contributed by atoms with Crippen molar-refractivity contribution in [3.05, 3.63) is 17.7 Å². The quantitative estimate of drug-likeness (QED) is 0.654. The first-order chi connectivity index (χ1) is 12.0. The van der Waals surface area contributed by atoms with Crippen LogP contribution in [-0.4, -0.2) is 63.7 Å². The van der Waals surface area contributed by atoms with Crippen molar-refractivity contribution in [2.24, 2.45) is 0 Å². The number of benzene rings is 1. The number of likely N-dealkylation sites (tertiary alicyclic amines) is 1. The van der Waals surface area contributed by atoms with E-state index >= 15 is 0 Å². The van der Waals surface area contributed by atoms with E-state index in [1.165, 1.54) is 24.2 Å². The fraction of sp³-hybridized carbons (Fsp3) is 0.650. The standard InChI is InChI=1S/C20H33NO3S/c1-7-8-11-25(6)15-20(9-10-21(2)14-20)19-17(23-4)12-16(22-3)13-18(19)24-5/h12-13,15H,7-11,14H2,1-6H3. The van der Waals surface area contributed by atoms with Crippen LogP contribution in [0.3, 0.4) is 0 Å². The lowest BCUT2D eigenvalue weighted by Crippen LogP contribution is -2.32. The number of likely N-dealkylation sites (N-methyl/N-ethyl adjacent to an activating group) is 1. The number of hydrogen-bond donors (Lipinski definition) is 0. The summed E-state index contributed by atoms with van der Waals surface area (Å²) in [6, 6.07) is 3.96. The van der Waals surface area contributed by atoms with Crippen LogP contribution in [0.1, 0.15) is 31.7 Å². The largest absolute Gasteiger partial charge is 0.496 e. The Bertz CT molecular complexity index is 592. The van der Waals surface area contributed by atoms with Gasteiger partial charge in [0.15, 0.2) is 0 Å². The molecule has 5 heteroatoms. The van der Waals surface area contributed by atoms with Crippen LogP contribution in [-0.2, 0) is 5.41 Å². The third-order valence-electron chi connectivity index (χ3n) is 4.95. The topological polar surface area (TPSA) is 30.9 Å². The van der Waals surface area contributed by atoms with Crippen molar-refractivity contribution >= 4 is 15.9 Å². The third-order valence-corrected chi connectivity index (χ3v) is 6.74. The average molecular weight is 368 g/mol. The van der Waals surface area contributed by atoms with Gasteiger partial charge in [-0.3, -0.25) is 0 Å². The van der Waals surface area contributed by atoms with Crippen LogP contribution in [0.5, 0.6) is 17.2 Å². The van der Waals surface area contributed by atoms with Gasteiger partial charge >= 0.3 is 0 Å². The first-order valence-corrected chi connectivity index (χ1v) is 10.8. The van der Waals surface area contributed by atoms with E-state index in [9.17, 15) is 0 Å². The van der Waals surface area contributed by atoms with Gasteiger partial charge < -0.3 is 19.1 Å². The summed E-state index contributed by atoms with van der Waals surface area (Å²) in [5, 5.41) is 2.57. The summed E-state index contributed by atoms with van der Waals surface area (Å²) in [5.74, 6) is 3.73. The Morgan fingerprint density at radius 2 is 1.80 bits per heavy atom. The van der Waals surface area contributed by atoms with Crippen molar-refractivity contribution in [3.8, 4) is 17.2 Å². The van der Waals surface area contributed by atoms with Crippen molar-refractivity contribution in [2.45, 2.75) is 31.6 Å². The fourth-order valence-electron chi connectivity index (χ4n) is 3.70. The van der Waals surface area contributed by atoms with E-state index in [4.69, 9.17) is 14.2 Å². The number of methoxy groups -OCH3 is 3. The van der Waals surface area contributed by atoms with Crippen molar-refractivity contribution in [1.82, 2.24) is 4.90 Å². The molecule has 1 saturated heterocycles. The molecule has 2 unspecified atom stereocenters. The number of rotatable bonds is 8. The van der Waals surface area contributed by atoms with Gasteiger partial charge in [0, 0.05) is 29.7 Å². The number of hydrogen-bond acceptors (Lipinski definition) is 4. The number of ether oxygens (including phenoxy) is 3. The molecule has 25 heavy (non-hydrogen) atoms. The molecule has 0 N–H and O–H groups in total. The van der Waals surface area contributed by atoms with Gasteiger partial charge in [0.05, 0.1) is 21.3 Å². The van der Waals surface area contributed by atoms with Gasteiger partial charge in [-0.05, 0) is 43.8 Å². The van der Waals surface area contributed by atoms with E-state index in [0.717, 1.165) is 36.8 Å². The summed E-state index contributed by atoms with van der Waals surface area (Å²) in [4.78, 5) is 2.40. The highest BCUT2D eigenvalue weighted by Gasteiger charge is 2.41. The second-order valence-corrected chi connectivity index (χ2v) is 8.94. The minimum atomic E-state index is -0.0384. The maximum atomic E-state index is 5.77. The average Bonchev–Trinajstić information content (AvgIpc) is 2.99. The molecule has 1 heterocycles. The molecule has 0 aliphatic carbocycles. The lowest BCUT2D eigenvalue weighted by molar-refractivity contribution is 0.353. The molecule has 1 fully saturated rings. The zero-order valence-electron chi connectivity index (χ0n) is 16.6. The Morgan fingerprint density at radius 1 is 1.16 bits per heavy atom. The molecule has 1 aliphatic rings. The predicted molar refractivity (Wildman–Crippen MR) is 109 cm³/mol. The van der Waals surface area contributed by atoms with Gasteiger partial charge in [0.2, 0.25) is 0 Å². The monoisotopic (exact) mass is 367 g/mol. The first-order valence-electron chi connectivity index (χ1n) is 8.96. The molecule has 0 saturated carbocycles. The molecule has 142 valence electrons. The fourth-order valence-corrected chi connectivity index (χ4v) is 5.64. The summed E-state index contributed by atoms with van der Waals surface area (Å²) in [5.41, 5.74) is 1.13. The molecule has 0 amide bonds. The Hall–Kier alpha value is -1.20. The summed E-state index contributed by atoms with van der Waals surface area (Å²) >= 11 is 0. The normalized spacial score (nSPS) is 22.2. The molecule has 0 aromatic heterocycles. The Kier molecular flexibility index (Phi) is 7.20. The highest BCUT2D eigenvalue weighted by molar-refractivity contribution is 8.14. The maximum Gasteiger partial charge on any atom is 0.130 e. The van der Waals surface area contributed by atoms with Crippen molar-refractivity contribution in [3.63, 3.8) is 0 Å². The van der Waals surface area contributed by atoms with Crippen molar-refractivity contribution < 1.29 is 14.2 Å². The summed E-state index contributed by atoms with van der Waals surface area (Å²) in [7, 11) is 7.59. The second kappa shape index (κ2) is 8.95. The number of unbranched alkanes of at least 4 members (excludes halogenated alkanes) is 1. The van der Waals surface area contributed by atoms with E-state index in [2.05, 4.69) is 30.5 Å². The van der Waals surface area contributed by atoms with Crippen LogP contribution in [0.15, 0.2) is 12.1 Å². The SMILES string of the molecule is CCCCS(C)=CC1(c2c(OC)cc(OC)cc2OC)CCN(C)C1. The highest BCUT2D eigenvalue weighted by Crippen LogP contribution is 2.46. The van der Waals surface area contributed by atoms with Gasteiger partial charge in [-0.25, -0.2) is 0 Å². The van der Waals surface area contributed by atoms with Crippen LogP contribution >= 0.6 is 10.5 Å². The molecule has 1 aliphatic heterocycles. The highest BCUT2D eigenvalue weighted by atomic mass is 32.2. The molecule has 2 atom stereocenters. The predicted octanol–water partition coefficient (Wildman–Crippen LogP) is 3.79. The van der Waals surface area contributed by atoms with Crippen LogP contribution < -0.4 is 14.2 Å². The van der Waals surface area contributed by atoms with Crippen molar-refractivity contribution in [2.75, 3.05) is 53.5 Å².